The summed E-state index contributed by atoms with van der Waals surface area (Å²) in [5, 5.41) is 3.38. The van der Waals surface area contributed by atoms with Gasteiger partial charge >= 0.3 is 0 Å². The molecule has 0 unspecified atom stereocenters. The molecule has 0 atom stereocenters. The molecule has 2 aliphatic heterocycles. The Bertz CT molecular complexity index is 1530. The highest BCUT2D eigenvalue weighted by molar-refractivity contribution is 9.10. The Morgan fingerprint density at radius 3 is 1.42 bits per heavy atom. The Hall–Kier alpha value is -3.82. The number of anilines is 5. The zero-order valence-electron chi connectivity index (χ0n) is 31.4. The van der Waals surface area contributed by atoms with Crippen LogP contribution in [0.4, 0.5) is 28.4 Å². The van der Waals surface area contributed by atoms with E-state index in [1.165, 1.54) is 11.4 Å². The van der Waals surface area contributed by atoms with Crippen LogP contribution in [0.5, 0.6) is 0 Å². The van der Waals surface area contributed by atoms with Crippen molar-refractivity contribution in [3.8, 4) is 0 Å². The molecule has 2 fully saturated rings. The molecule has 0 amide bonds. The summed E-state index contributed by atoms with van der Waals surface area (Å²) >= 11 is 3.33. The van der Waals surface area contributed by atoms with Crippen molar-refractivity contribution in [1.29, 1.82) is 0 Å². The number of aromatic nitrogens is 2. The normalized spacial score (nSPS) is 14.3. The van der Waals surface area contributed by atoms with Crippen molar-refractivity contribution in [3.63, 3.8) is 0 Å². The van der Waals surface area contributed by atoms with Gasteiger partial charge in [-0.2, -0.15) is 0 Å². The molecule has 0 spiro atoms. The molecule has 288 valence electrons. The number of ether oxygens (including phenoxy) is 6. The molecule has 6 rings (SSSR count). The highest BCUT2D eigenvalue weighted by atomic mass is 79.9. The second-order valence-electron chi connectivity index (χ2n) is 11.8. The number of halogens is 1. The summed E-state index contributed by atoms with van der Waals surface area (Å²) in [6.07, 6.45) is 2.78. The molecular formula is C40H55BrN6O6. The molecule has 0 saturated carbocycles. The van der Waals surface area contributed by atoms with Gasteiger partial charge in [-0.15, -0.1) is 0 Å². The minimum Gasteiger partial charge on any atom is -0.399 e. The van der Waals surface area contributed by atoms with Crippen LogP contribution in [0.2, 0.25) is 0 Å². The first-order chi connectivity index (χ1) is 25.9. The maximum absolute atomic E-state index is 5.61. The van der Waals surface area contributed by atoms with Crippen molar-refractivity contribution >= 4 is 44.4 Å². The molecule has 4 aromatic rings. The third kappa shape index (κ3) is 14.5. The number of morpholine rings is 2. The average molecular weight is 796 g/mol. The predicted molar refractivity (Wildman–Crippen MR) is 215 cm³/mol. The summed E-state index contributed by atoms with van der Waals surface area (Å²) in [6, 6.07) is 24.2. The van der Waals surface area contributed by atoms with Crippen molar-refractivity contribution in [2.24, 2.45) is 0 Å². The van der Waals surface area contributed by atoms with Gasteiger partial charge in [-0.25, -0.2) is 0 Å². The van der Waals surface area contributed by atoms with Crippen molar-refractivity contribution in [2.45, 2.75) is 40.3 Å². The van der Waals surface area contributed by atoms with Gasteiger partial charge in [-0.05, 0) is 116 Å². The molecule has 12 nitrogen and oxygen atoms in total. The maximum atomic E-state index is 5.61. The van der Waals surface area contributed by atoms with Crippen LogP contribution < -0.4 is 20.9 Å². The zero-order chi connectivity index (χ0) is 37.7. The largest absolute Gasteiger partial charge is 0.399 e. The zero-order valence-corrected chi connectivity index (χ0v) is 33.0. The first kappa shape index (κ1) is 41.9. The molecule has 0 radical (unpaired) electrons. The van der Waals surface area contributed by atoms with Crippen LogP contribution >= 0.6 is 15.9 Å². The fourth-order valence-electron chi connectivity index (χ4n) is 5.44. The summed E-state index contributed by atoms with van der Waals surface area (Å²) in [5.74, 6) is 0. The number of nitrogen functional groups attached to an aromatic ring is 1. The number of hydrogen-bond donors (Lipinski definition) is 2. The van der Waals surface area contributed by atoms with Crippen LogP contribution in [0.15, 0.2) is 89.7 Å². The first-order valence-corrected chi connectivity index (χ1v) is 19.1. The fourth-order valence-corrected chi connectivity index (χ4v) is 5.67. The van der Waals surface area contributed by atoms with Gasteiger partial charge < -0.3 is 49.3 Å². The lowest BCUT2D eigenvalue weighted by Crippen LogP contribution is -2.36. The summed E-state index contributed by atoms with van der Waals surface area (Å²) in [6.45, 7) is 17.2. The fraction of sp³-hybridized carbons (Fsp3) is 0.450. The molecule has 53 heavy (non-hydrogen) atoms. The molecule has 0 bridgehead atoms. The molecule has 2 aromatic heterocycles. The van der Waals surface area contributed by atoms with Gasteiger partial charge in [-0.1, -0.05) is 0 Å². The summed E-state index contributed by atoms with van der Waals surface area (Å²) < 4.78 is 33.6. The molecule has 2 saturated heterocycles. The number of benzene rings is 2. The molecule has 2 aromatic carbocycles. The lowest BCUT2D eigenvalue weighted by atomic mass is 10.2. The van der Waals surface area contributed by atoms with Gasteiger partial charge in [0.1, 0.15) is 0 Å². The van der Waals surface area contributed by atoms with Gasteiger partial charge in [0.25, 0.3) is 0 Å². The Balaban J connectivity index is 0.000000196. The lowest BCUT2D eigenvalue weighted by Gasteiger charge is -2.28. The third-order valence-corrected chi connectivity index (χ3v) is 8.56. The van der Waals surface area contributed by atoms with E-state index in [0.29, 0.717) is 26.4 Å². The summed E-state index contributed by atoms with van der Waals surface area (Å²) in [4.78, 5) is 13.3. The molecule has 2 aliphatic rings. The minimum absolute atomic E-state index is 0.349. The predicted octanol–water partition coefficient (Wildman–Crippen LogP) is 7.75. The summed E-state index contributed by atoms with van der Waals surface area (Å²) in [5.41, 5.74) is 12.4. The maximum Gasteiger partial charge on any atom is 0.201 e. The van der Waals surface area contributed by atoms with E-state index in [2.05, 4.69) is 77.4 Å². The van der Waals surface area contributed by atoms with Gasteiger partial charge in [0.15, 0.2) is 0 Å². The van der Waals surface area contributed by atoms with E-state index >= 15 is 0 Å². The Labute approximate surface area is 323 Å². The van der Waals surface area contributed by atoms with Crippen LogP contribution in [0.1, 0.15) is 51.7 Å². The van der Waals surface area contributed by atoms with E-state index in [4.69, 9.17) is 34.2 Å². The molecule has 3 N–H and O–H groups in total. The van der Waals surface area contributed by atoms with Crippen molar-refractivity contribution in [2.75, 3.05) is 99.9 Å². The third-order valence-electron chi connectivity index (χ3n) is 8.09. The summed E-state index contributed by atoms with van der Waals surface area (Å²) in [7, 11) is 0. The quantitative estimate of drug-likeness (QED) is 0.0958. The standard InChI is InChI=1S/C20H27N3O3.C10H14BrNO2.C10H14N2O/c1-3-25-20(26-4-2)19-10-7-17(15-21-19)22-16-5-8-18(9-6-16)23-11-13-24-14-12-23;1-3-13-10(14-4-2)9-6-5-8(11)7-12-9;11-9-1-3-10(4-2-9)12-5-7-13-8-6-12/h5-10,15,20,22H,3-4,11-14H2,1-2H3;5-7,10H,3-4H2,1-2H3;1-4H,5-8,11H2. The van der Waals surface area contributed by atoms with E-state index in [0.717, 1.165) is 85.5 Å². The second kappa shape index (κ2) is 23.8. The molecule has 0 aliphatic carbocycles. The van der Waals surface area contributed by atoms with Gasteiger partial charge in [-0.3, -0.25) is 9.97 Å². The Kier molecular flexibility index (Phi) is 18.8. The first-order valence-electron chi connectivity index (χ1n) is 18.4. The lowest BCUT2D eigenvalue weighted by molar-refractivity contribution is -0.142. The van der Waals surface area contributed by atoms with E-state index in [1.807, 2.05) is 64.1 Å². The number of rotatable bonds is 14. The Morgan fingerprint density at radius 1 is 0.604 bits per heavy atom. The second-order valence-corrected chi connectivity index (χ2v) is 12.7. The molecule has 4 heterocycles. The van der Waals surface area contributed by atoms with E-state index in [9.17, 15) is 0 Å². The van der Waals surface area contributed by atoms with Crippen molar-refractivity contribution in [3.05, 3.63) is 101 Å². The number of nitrogens with two attached hydrogens (primary N) is 1. The van der Waals surface area contributed by atoms with Crippen LogP contribution in [0, 0.1) is 0 Å². The van der Waals surface area contributed by atoms with Crippen molar-refractivity contribution < 1.29 is 28.4 Å². The van der Waals surface area contributed by atoms with Crippen molar-refractivity contribution in [1.82, 2.24) is 9.97 Å². The van der Waals surface area contributed by atoms with Crippen LogP contribution in [0.25, 0.3) is 0 Å². The van der Waals surface area contributed by atoms with Crippen LogP contribution in [-0.4, -0.2) is 89.0 Å². The number of nitrogens with zero attached hydrogens (tertiary/aromatic N) is 4. The van der Waals surface area contributed by atoms with Crippen LogP contribution in [0.3, 0.4) is 0 Å². The monoisotopic (exact) mass is 794 g/mol. The minimum atomic E-state index is -0.410. The van der Waals surface area contributed by atoms with E-state index in [1.54, 1.807) is 12.4 Å². The Morgan fingerprint density at radius 2 is 1.02 bits per heavy atom. The number of nitrogens with one attached hydrogen (secondary N) is 1. The smallest absolute Gasteiger partial charge is 0.201 e. The number of hydrogen-bond acceptors (Lipinski definition) is 12. The topological polar surface area (TPSA) is 126 Å². The highest BCUT2D eigenvalue weighted by Gasteiger charge is 2.14. The highest BCUT2D eigenvalue weighted by Crippen LogP contribution is 2.24. The van der Waals surface area contributed by atoms with E-state index < -0.39 is 6.29 Å². The average Bonchev–Trinajstić information content (AvgIpc) is 3.20. The van der Waals surface area contributed by atoms with Crippen LogP contribution in [-0.2, 0) is 28.4 Å². The molecule has 13 heteroatoms. The van der Waals surface area contributed by atoms with Gasteiger partial charge in [0, 0.05) is 86.0 Å². The molecular weight excluding hydrogens is 740 g/mol. The van der Waals surface area contributed by atoms with Gasteiger partial charge in [0.2, 0.25) is 12.6 Å². The SMILES string of the molecule is CCOC(OCC)c1ccc(Br)cn1.CCOC(OCC)c1ccc(Nc2ccc(N3CCOCC3)cc2)cn1.Nc1ccc(N2CCOCC2)cc1. The van der Waals surface area contributed by atoms with E-state index in [-0.39, 0.29) is 6.29 Å². The van der Waals surface area contributed by atoms with Gasteiger partial charge in [0.05, 0.1) is 49.7 Å². The number of pyridine rings is 2.